The summed E-state index contributed by atoms with van der Waals surface area (Å²) in [4.78, 5) is 89.9. The van der Waals surface area contributed by atoms with Crippen molar-refractivity contribution in [3.8, 4) is 11.3 Å². The van der Waals surface area contributed by atoms with Crippen molar-refractivity contribution in [1.82, 2.24) is 44.9 Å². The molecule has 0 saturated carbocycles. The summed E-state index contributed by atoms with van der Waals surface area (Å²) in [6.07, 6.45) is 4.78. The van der Waals surface area contributed by atoms with Crippen LogP contribution in [0, 0.1) is 12.7 Å². The number of alkyl halides is 1. The van der Waals surface area contributed by atoms with Crippen LogP contribution in [-0.4, -0.2) is 107 Å². The lowest BCUT2D eigenvalue weighted by atomic mass is 9.95. The van der Waals surface area contributed by atoms with Gasteiger partial charge in [0.25, 0.3) is 11.8 Å². The van der Waals surface area contributed by atoms with Crippen LogP contribution in [0.25, 0.3) is 22.3 Å². The number of hydrogen-bond acceptors (Lipinski definition) is 12. The summed E-state index contributed by atoms with van der Waals surface area (Å²) in [5.74, 6) is -0.826. The summed E-state index contributed by atoms with van der Waals surface area (Å²) >= 11 is 1.44. The number of hydrogen-bond donors (Lipinski definition) is 3. The number of carbonyl (C=O) groups is 5. The van der Waals surface area contributed by atoms with Crippen molar-refractivity contribution in [2.45, 2.75) is 76.0 Å². The molecule has 2 fully saturated rings. The van der Waals surface area contributed by atoms with Crippen LogP contribution in [0.2, 0.25) is 0 Å². The van der Waals surface area contributed by atoms with Gasteiger partial charge in [0.15, 0.2) is 5.82 Å². The number of amides is 5. The van der Waals surface area contributed by atoms with Gasteiger partial charge in [0, 0.05) is 67.8 Å². The molecule has 2 saturated heterocycles. The van der Waals surface area contributed by atoms with E-state index in [1.165, 1.54) is 25.6 Å². The number of halogens is 2. The van der Waals surface area contributed by atoms with Gasteiger partial charge in [-0.2, -0.15) is 0 Å². The first-order valence-corrected chi connectivity index (χ1v) is 21.1. The maximum Gasteiger partial charge on any atom is 0.263 e. The first-order chi connectivity index (χ1) is 29.2. The van der Waals surface area contributed by atoms with Gasteiger partial charge in [-0.25, -0.2) is 28.7 Å². The Morgan fingerprint density at radius 1 is 0.984 bits per heavy atom. The van der Waals surface area contributed by atoms with Crippen molar-refractivity contribution in [1.29, 1.82) is 0 Å². The zero-order valence-electron chi connectivity index (χ0n) is 33.9. The van der Waals surface area contributed by atoms with Crippen molar-refractivity contribution in [3.63, 3.8) is 0 Å². The summed E-state index contributed by atoms with van der Waals surface area (Å²) < 4.78 is 30.3. The molecule has 1 atom stereocenters. The molecule has 8 rings (SSSR count). The molecule has 0 aliphatic carbocycles. The Morgan fingerprint density at radius 2 is 1.79 bits per heavy atom. The van der Waals surface area contributed by atoms with Crippen LogP contribution in [-0.2, 0) is 26.6 Å². The van der Waals surface area contributed by atoms with Crippen LogP contribution in [0.4, 0.5) is 20.5 Å². The summed E-state index contributed by atoms with van der Waals surface area (Å²) in [5.41, 5.74) is 1.57. The zero-order chi connectivity index (χ0) is 43.0. The van der Waals surface area contributed by atoms with Gasteiger partial charge in [-0.05, 0) is 81.7 Å². The first-order valence-electron chi connectivity index (χ1n) is 20.2. The summed E-state index contributed by atoms with van der Waals surface area (Å²) in [7, 11) is 0. The van der Waals surface area contributed by atoms with Crippen LogP contribution < -0.4 is 10.6 Å². The Labute approximate surface area is 354 Å². The molecule has 5 aromatic rings. The van der Waals surface area contributed by atoms with E-state index in [0.717, 1.165) is 23.1 Å². The fourth-order valence-corrected chi connectivity index (χ4v) is 8.99. The molecule has 2 aromatic carbocycles. The fourth-order valence-electron chi connectivity index (χ4n) is 7.90. The fraction of sp³-hybridized carbons (Fsp3) is 0.372. The second kappa shape index (κ2) is 17.1. The van der Waals surface area contributed by atoms with E-state index in [-0.39, 0.29) is 41.5 Å². The Balaban J connectivity index is 0.784. The number of rotatable bonds is 13. The van der Waals surface area contributed by atoms with Gasteiger partial charge in [0.05, 0.1) is 28.4 Å². The number of nitrogens with one attached hydrogen (secondary N) is 3. The molecule has 3 N–H and O–H groups in total. The third kappa shape index (κ3) is 8.86. The highest BCUT2D eigenvalue weighted by Crippen LogP contribution is 2.37. The average molecular weight is 851 g/mol. The van der Waals surface area contributed by atoms with Crippen molar-refractivity contribution in [2.24, 2.45) is 0 Å². The molecule has 3 aliphatic heterocycles. The molecule has 0 radical (unpaired) electrons. The molecule has 61 heavy (non-hydrogen) atoms. The van der Waals surface area contributed by atoms with Gasteiger partial charge in [-0.15, -0.1) is 11.8 Å². The summed E-state index contributed by atoms with van der Waals surface area (Å²) in [6, 6.07) is 11.1. The van der Waals surface area contributed by atoms with E-state index in [0.29, 0.717) is 90.0 Å². The number of H-pyrrole nitrogens is 1. The van der Waals surface area contributed by atoms with Crippen LogP contribution >= 0.6 is 11.8 Å². The van der Waals surface area contributed by atoms with Crippen LogP contribution in [0.1, 0.15) is 83.6 Å². The number of aryl methyl sites for hydroxylation is 1. The molecular weight excluding hydrogens is 807 g/mol. The monoisotopic (exact) mass is 850 g/mol. The van der Waals surface area contributed by atoms with E-state index in [1.54, 1.807) is 49.5 Å². The topological polar surface area (TPSA) is 186 Å². The van der Waals surface area contributed by atoms with Crippen molar-refractivity contribution >= 4 is 64.1 Å². The smallest absolute Gasteiger partial charge is 0.263 e. The van der Waals surface area contributed by atoms with E-state index in [2.05, 4.69) is 40.5 Å². The standard InChI is InChI=1S/C43H44F2N10O5S/c1-24-48-30-20-26(19-28(38(30)49-24)43(2,3)45)37-29(44)22-47-42(52-37)50-33-12-10-25(21-46-33)23-53-14-16-54(17-15-53)35(57)9-4-5-18-61-32-8-6-7-27-36(32)41(60)55(40(27)59)31-11-13-34(56)51-39(31)58/h6-8,10,12,19-22,31H,4-5,9,11,13-18,23H2,1-3H3,(H,48,49)(H,51,56,58)(H,46,47,50,52). The SMILES string of the molecule is Cc1nc2c(C(C)(C)F)cc(-c3nc(Nc4ccc(CN5CCN(C(=O)CCCCSc6cccc7c6C(=O)N(C6CCC(=O)NC6=O)C7=O)CC5)cn4)ncc3F)cc2[nH]1. The number of imidazole rings is 1. The predicted octanol–water partition coefficient (Wildman–Crippen LogP) is 5.82. The molecule has 0 bridgehead atoms. The lowest BCUT2D eigenvalue weighted by Crippen LogP contribution is -2.54. The molecule has 3 aromatic heterocycles. The van der Waals surface area contributed by atoms with Crippen LogP contribution in [0.3, 0.4) is 0 Å². The second-order valence-corrected chi connectivity index (χ2v) is 17.0. The lowest BCUT2D eigenvalue weighted by molar-refractivity contribution is -0.136. The zero-order valence-corrected chi connectivity index (χ0v) is 34.7. The number of fused-ring (bicyclic) bond motifs is 2. The van der Waals surface area contributed by atoms with Gasteiger partial charge in [-0.1, -0.05) is 12.1 Å². The number of benzene rings is 2. The number of unbranched alkanes of at least 4 members (excludes halogenated alkanes) is 1. The Kier molecular flexibility index (Phi) is 11.6. The van der Waals surface area contributed by atoms with Crippen LogP contribution in [0.5, 0.6) is 0 Å². The Morgan fingerprint density at radius 3 is 2.52 bits per heavy atom. The summed E-state index contributed by atoms with van der Waals surface area (Å²) in [5, 5.41) is 5.25. The van der Waals surface area contributed by atoms with E-state index >= 15 is 8.78 Å². The number of thioether (sulfide) groups is 1. The minimum absolute atomic E-state index is 0.0115. The Hall–Kier alpha value is -6.14. The first kappa shape index (κ1) is 41.6. The number of carbonyl (C=O) groups excluding carboxylic acids is 5. The number of aromatic nitrogens is 5. The molecular formula is C43H44F2N10O5S. The quantitative estimate of drug-likeness (QED) is 0.0734. The predicted molar refractivity (Wildman–Crippen MR) is 223 cm³/mol. The molecule has 1 unspecified atom stereocenters. The summed E-state index contributed by atoms with van der Waals surface area (Å²) in [6.45, 7) is 7.92. The third-order valence-electron chi connectivity index (χ3n) is 11.0. The molecule has 6 heterocycles. The normalized spacial score (nSPS) is 17.3. The van der Waals surface area contributed by atoms with Gasteiger partial charge in [-0.3, -0.25) is 39.1 Å². The highest BCUT2D eigenvalue weighted by Gasteiger charge is 2.45. The number of piperidine rings is 1. The minimum Gasteiger partial charge on any atom is -0.342 e. The number of aromatic amines is 1. The molecule has 0 spiro atoms. The van der Waals surface area contributed by atoms with Gasteiger partial charge in [0.1, 0.15) is 29.0 Å². The minimum atomic E-state index is -1.73. The molecule has 5 amide bonds. The van der Waals surface area contributed by atoms with Crippen molar-refractivity contribution < 1.29 is 32.8 Å². The number of nitrogens with zero attached hydrogens (tertiary/aromatic N) is 7. The number of pyridine rings is 1. The average Bonchev–Trinajstić information content (AvgIpc) is 3.73. The van der Waals surface area contributed by atoms with Gasteiger partial charge in [0.2, 0.25) is 23.7 Å². The van der Waals surface area contributed by atoms with Crippen molar-refractivity contribution in [3.05, 3.63) is 88.8 Å². The lowest BCUT2D eigenvalue weighted by Gasteiger charge is -2.34. The highest BCUT2D eigenvalue weighted by molar-refractivity contribution is 7.99. The molecule has 18 heteroatoms. The van der Waals surface area contributed by atoms with E-state index in [4.69, 9.17) is 0 Å². The Bertz CT molecular complexity index is 2550. The third-order valence-corrected chi connectivity index (χ3v) is 12.2. The van der Waals surface area contributed by atoms with Crippen molar-refractivity contribution in [2.75, 3.05) is 37.2 Å². The number of piperazine rings is 1. The maximum absolute atomic E-state index is 15.2. The van der Waals surface area contributed by atoms with E-state index in [1.807, 2.05) is 11.0 Å². The largest absolute Gasteiger partial charge is 0.342 e. The van der Waals surface area contributed by atoms with Gasteiger partial charge < -0.3 is 15.2 Å². The molecule has 316 valence electrons. The maximum atomic E-state index is 15.2. The van der Waals surface area contributed by atoms with E-state index in [9.17, 15) is 24.0 Å². The molecule has 3 aliphatic rings. The highest BCUT2D eigenvalue weighted by atomic mass is 32.2. The second-order valence-electron chi connectivity index (χ2n) is 15.9. The molecule has 15 nitrogen and oxygen atoms in total. The number of anilines is 2. The van der Waals surface area contributed by atoms with E-state index < -0.39 is 41.2 Å². The number of imide groups is 2. The van der Waals surface area contributed by atoms with Gasteiger partial charge >= 0.3 is 0 Å². The van der Waals surface area contributed by atoms with Crippen LogP contribution in [0.15, 0.2) is 59.8 Å².